The van der Waals surface area contributed by atoms with Gasteiger partial charge in [-0.2, -0.15) is 0 Å². The molecule has 1 rings (SSSR count). The summed E-state index contributed by atoms with van der Waals surface area (Å²) in [4.78, 5) is 15.6. The Morgan fingerprint density at radius 2 is 2.38 bits per heavy atom. The third-order valence-electron chi connectivity index (χ3n) is 2.22. The molecule has 4 heteroatoms. The van der Waals surface area contributed by atoms with Crippen LogP contribution in [-0.2, 0) is 16.0 Å². The minimum absolute atomic E-state index is 0.190. The maximum atomic E-state index is 11.3. The molecular formula is C12H14BrNO2. The number of halogens is 1. The van der Waals surface area contributed by atoms with Gasteiger partial charge < -0.3 is 4.74 Å². The number of hydrogen-bond acceptors (Lipinski definition) is 3. The maximum absolute atomic E-state index is 11.3. The molecule has 0 spiro atoms. The standard InChI is InChI=1S/C12H14BrNO2/c1-4-9-6-10(14-11(13)7-9)5-8(2)12(15)16-3/h4,6-8H,1,5H2,2-3H3/t8-/m0/s1. The number of hydrogen-bond donors (Lipinski definition) is 0. The average Bonchev–Trinajstić information content (AvgIpc) is 2.26. The second-order valence-corrected chi connectivity index (χ2v) is 4.36. The first-order valence-corrected chi connectivity index (χ1v) is 5.73. The van der Waals surface area contributed by atoms with Crippen molar-refractivity contribution in [3.05, 3.63) is 34.6 Å². The molecule has 1 aromatic heterocycles. The number of aromatic nitrogens is 1. The minimum Gasteiger partial charge on any atom is -0.469 e. The van der Waals surface area contributed by atoms with E-state index >= 15 is 0 Å². The quantitative estimate of drug-likeness (QED) is 0.630. The van der Waals surface area contributed by atoms with Gasteiger partial charge in [-0.05, 0) is 33.6 Å². The van der Waals surface area contributed by atoms with E-state index in [-0.39, 0.29) is 11.9 Å². The topological polar surface area (TPSA) is 39.2 Å². The lowest BCUT2D eigenvalue weighted by molar-refractivity contribution is -0.144. The SMILES string of the molecule is C=Cc1cc(Br)nc(C[C@H](C)C(=O)OC)c1. The molecule has 1 heterocycles. The van der Waals surface area contributed by atoms with Crippen molar-refractivity contribution >= 4 is 28.0 Å². The van der Waals surface area contributed by atoms with Crippen molar-refractivity contribution in [1.29, 1.82) is 0 Å². The van der Waals surface area contributed by atoms with Gasteiger partial charge in [-0.15, -0.1) is 0 Å². The summed E-state index contributed by atoms with van der Waals surface area (Å²) in [5, 5.41) is 0. The number of pyridine rings is 1. The molecule has 0 saturated carbocycles. The van der Waals surface area contributed by atoms with Crippen molar-refractivity contribution in [1.82, 2.24) is 4.98 Å². The molecule has 0 bridgehead atoms. The summed E-state index contributed by atoms with van der Waals surface area (Å²) in [6.07, 6.45) is 2.31. The maximum Gasteiger partial charge on any atom is 0.308 e. The molecule has 16 heavy (non-hydrogen) atoms. The Morgan fingerprint density at radius 1 is 1.69 bits per heavy atom. The van der Waals surface area contributed by atoms with Gasteiger partial charge in [0.2, 0.25) is 0 Å². The van der Waals surface area contributed by atoms with Crippen molar-refractivity contribution in [2.24, 2.45) is 5.92 Å². The van der Waals surface area contributed by atoms with E-state index in [2.05, 4.69) is 32.2 Å². The highest BCUT2D eigenvalue weighted by Crippen LogP contribution is 2.15. The van der Waals surface area contributed by atoms with Crippen LogP contribution in [0, 0.1) is 5.92 Å². The van der Waals surface area contributed by atoms with Crippen LogP contribution in [0.2, 0.25) is 0 Å². The van der Waals surface area contributed by atoms with Gasteiger partial charge in [0.1, 0.15) is 4.60 Å². The number of ether oxygens (including phenoxy) is 1. The third kappa shape index (κ3) is 3.45. The van der Waals surface area contributed by atoms with E-state index in [4.69, 9.17) is 0 Å². The van der Waals surface area contributed by atoms with Gasteiger partial charge >= 0.3 is 5.97 Å². The molecule has 0 aliphatic carbocycles. The largest absolute Gasteiger partial charge is 0.469 e. The first kappa shape index (κ1) is 12.9. The number of methoxy groups -OCH3 is 1. The van der Waals surface area contributed by atoms with Crippen LogP contribution in [-0.4, -0.2) is 18.1 Å². The van der Waals surface area contributed by atoms with Gasteiger partial charge in [-0.25, -0.2) is 4.98 Å². The first-order valence-electron chi connectivity index (χ1n) is 4.93. The van der Waals surface area contributed by atoms with E-state index in [9.17, 15) is 4.79 Å². The van der Waals surface area contributed by atoms with Crippen LogP contribution in [0.1, 0.15) is 18.2 Å². The molecular weight excluding hydrogens is 270 g/mol. The molecule has 1 atom stereocenters. The van der Waals surface area contributed by atoms with Crippen molar-refractivity contribution < 1.29 is 9.53 Å². The van der Waals surface area contributed by atoms with Crippen molar-refractivity contribution in [2.45, 2.75) is 13.3 Å². The lowest BCUT2D eigenvalue weighted by Crippen LogP contribution is -2.15. The lowest BCUT2D eigenvalue weighted by atomic mass is 10.0. The smallest absolute Gasteiger partial charge is 0.308 e. The lowest BCUT2D eigenvalue weighted by Gasteiger charge is -2.09. The molecule has 0 radical (unpaired) electrons. The Balaban J connectivity index is 2.84. The second-order valence-electron chi connectivity index (χ2n) is 3.55. The molecule has 1 aromatic rings. The Bertz CT molecular complexity index is 404. The Labute approximate surface area is 104 Å². The van der Waals surface area contributed by atoms with Gasteiger partial charge in [0, 0.05) is 12.1 Å². The number of nitrogens with zero attached hydrogens (tertiary/aromatic N) is 1. The Morgan fingerprint density at radius 3 is 2.94 bits per heavy atom. The second kappa shape index (κ2) is 5.80. The van der Waals surface area contributed by atoms with Crippen LogP contribution < -0.4 is 0 Å². The molecule has 0 aliphatic heterocycles. The van der Waals surface area contributed by atoms with E-state index < -0.39 is 0 Å². The highest BCUT2D eigenvalue weighted by molar-refractivity contribution is 9.10. The summed E-state index contributed by atoms with van der Waals surface area (Å²) in [7, 11) is 1.39. The minimum atomic E-state index is -0.220. The predicted molar refractivity (Wildman–Crippen MR) is 66.9 cm³/mol. The molecule has 86 valence electrons. The van der Waals surface area contributed by atoms with E-state index in [0.717, 1.165) is 15.9 Å². The monoisotopic (exact) mass is 283 g/mol. The summed E-state index contributed by atoms with van der Waals surface area (Å²) >= 11 is 3.32. The summed E-state index contributed by atoms with van der Waals surface area (Å²) in [5.41, 5.74) is 1.83. The van der Waals surface area contributed by atoms with Crippen molar-refractivity contribution in [3.63, 3.8) is 0 Å². The predicted octanol–water partition coefficient (Wildman–Crippen LogP) is 2.84. The van der Waals surface area contributed by atoms with Gasteiger partial charge in [0.05, 0.1) is 13.0 Å². The summed E-state index contributed by atoms with van der Waals surface area (Å²) < 4.78 is 5.42. The summed E-state index contributed by atoms with van der Waals surface area (Å²) in [5.74, 6) is -0.411. The number of carbonyl (C=O) groups is 1. The molecule has 3 nitrogen and oxygen atoms in total. The normalized spacial score (nSPS) is 11.9. The Kier molecular flexibility index (Phi) is 4.68. The van der Waals surface area contributed by atoms with E-state index in [1.54, 1.807) is 6.08 Å². The van der Waals surface area contributed by atoms with E-state index in [1.165, 1.54) is 7.11 Å². The zero-order chi connectivity index (χ0) is 12.1. The molecule has 0 aliphatic rings. The van der Waals surface area contributed by atoms with Crippen molar-refractivity contribution in [2.75, 3.05) is 7.11 Å². The van der Waals surface area contributed by atoms with E-state index in [1.807, 2.05) is 19.1 Å². The molecule has 0 amide bonds. The zero-order valence-corrected chi connectivity index (χ0v) is 11.0. The van der Waals surface area contributed by atoms with Crippen LogP contribution >= 0.6 is 15.9 Å². The number of carbonyl (C=O) groups excluding carboxylic acids is 1. The highest BCUT2D eigenvalue weighted by atomic mass is 79.9. The van der Waals surface area contributed by atoms with Crippen molar-refractivity contribution in [3.8, 4) is 0 Å². The Hall–Kier alpha value is -1.16. The van der Waals surface area contributed by atoms with E-state index in [0.29, 0.717) is 6.42 Å². The van der Waals surface area contributed by atoms with Crippen LogP contribution in [0.4, 0.5) is 0 Å². The highest BCUT2D eigenvalue weighted by Gasteiger charge is 2.14. The van der Waals surface area contributed by atoms with Crippen LogP contribution in [0.5, 0.6) is 0 Å². The fourth-order valence-electron chi connectivity index (χ4n) is 1.39. The molecule has 0 unspecified atom stereocenters. The summed E-state index contributed by atoms with van der Waals surface area (Å²) in [6, 6.07) is 3.79. The first-order chi connectivity index (χ1) is 7.56. The van der Waals surface area contributed by atoms with Gasteiger partial charge in [0.25, 0.3) is 0 Å². The fraction of sp³-hybridized carbons (Fsp3) is 0.333. The number of esters is 1. The van der Waals surface area contributed by atoms with Crippen LogP contribution in [0.25, 0.3) is 6.08 Å². The molecule has 0 N–H and O–H groups in total. The average molecular weight is 284 g/mol. The molecule has 0 saturated heterocycles. The van der Waals surface area contributed by atoms with Gasteiger partial charge in [-0.3, -0.25) is 4.79 Å². The van der Waals surface area contributed by atoms with Gasteiger partial charge in [-0.1, -0.05) is 19.6 Å². The molecule has 0 fully saturated rings. The van der Waals surface area contributed by atoms with Gasteiger partial charge in [0.15, 0.2) is 0 Å². The van der Waals surface area contributed by atoms with Crippen LogP contribution in [0.3, 0.4) is 0 Å². The third-order valence-corrected chi connectivity index (χ3v) is 2.63. The zero-order valence-electron chi connectivity index (χ0n) is 9.37. The summed E-state index contributed by atoms with van der Waals surface area (Å²) in [6.45, 7) is 5.52. The number of rotatable bonds is 4. The fourth-order valence-corrected chi connectivity index (χ4v) is 1.89. The van der Waals surface area contributed by atoms with Crippen LogP contribution in [0.15, 0.2) is 23.3 Å². The molecule has 0 aromatic carbocycles.